The van der Waals surface area contributed by atoms with Crippen molar-refractivity contribution in [3.05, 3.63) is 18.6 Å². The van der Waals surface area contributed by atoms with Gasteiger partial charge in [0.25, 0.3) is 0 Å². The van der Waals surface area contributed by atoms with Crippen molar-refractivity contribution in [3.8, 4) is 0 Å². The Balaban J connectivity index is 2.13. The average molecular weight is 197 g/mol. The number of rotatable bonds is 5. The van der Waals surface area contributed by atoms with E-state index < -0.39 is 0 Å². The monoisotopic (exact) mass is 197 g/mol. The fourth-order valence-corrected chi connectivity index (χ4v) is 1.73. The molecule has 0 aliphatic heterocycles. The summed E-state index contributed by atoms with van der Waals surface area (Å²) < 4.78 is 0. The zero-order valence-corrected chi connectivity index (χ0v) is 8.63. The van der Waals surface area contributed by atoms with Crippen LogP contribution in [0.15, 0.2) is 23.6 Å². The standard InChI is InChI=1S/C9H15N3S/c1-8(10)3-2-6-13-9-7-11-4-5-12-9/h4-5,7-8H,2-3,6,10H2,1H3. The van der Waals surface area contributed by atoms with E-state index in [1.54, 1.807) is 30.4 Å². The third-order valence-electron chi connectivity index (χ3n) is 1.59. The molecule has 0 aliphatic rings. The minimum atomic E-state index is 0.308. The third kappa shape index (κ3) is 4.85. The van der Waals surface area contributed by atoms with Crippen molar-refractivity contribution in [2.45, 2.75) is 30.8 Å². The van der Waals surface area contributed by atoms with Gasteiger partial charge in [-0.3, -0.25) is 4.98 Å². The van der Waals surface area contributed by atoms with E-state index >= 15 is 0 Å². The summed E-state index contributed by atoms with van der Waals surface area (Å²) >= 11 is 1.73. The molecule has 0 saturated heterocycles. The van der Waals surface area contributed by atoms with Crippen molar-refractivity contribution in [1.29, 1.82) is 0 Å². The first-order valence-corrected chi connectivity index (χ1v) is 5.42. The van der Waals surface area contributed by atoms with Crippen LogP contribution < -0.4 is 5.73 Å². The maximum absolute atomic E-state index is 5.63. The van der Waals surface area contributed by atoms with Crippen LogP contribution in [0.3, 0.4) is 0 Å². The van der Waals surface area contributed by atoms with Gasteiger partial charge < -0.3 is 5.73 Å². The number of thioether (sulfide) groups is 1. The number of hydrogen-bond acceptors (Lipinski definition) is 4. The maximum Gasteiger partial charge on any atom is 0.114 e. The van der Waals surface area contributed by atoms with Gasteiger partial charge in [0, 0.05) is 18.4 Å². The Morgan fingerprint density at radius 1 is 1.54 bits per heavy atom. The highest BCUT2D eigenvalue weighted by Crippen LogP contribution is 2.14. The molecular weight excluding hydrogens is 182 g/mol. The molecule has 1 unspecified atom stereocenters. The Kier molecular flexibility index (Phi) is 4.78. The second-order valence-electron chi connectivity index (χ2n) is 3.01. The van der Waals surface area contributed by atoms with Gasteiger partial charge in [0.1, 0.15) is 5.03 Å². The highest BCUT2D eigenvalue weighted by atomic mass is 32.2. The molecule has 0 bridgehead atoms. The van der Waals surface area contributed by atoms with Crippen LogP contribution in [0.4, 0.5) is 0 Å². The van der Waals surface area contributed by atoms with E-state index in [0.29, 0.717) is 6.04 Å². The lowest BCUT2D eigenvalue weighted by atomic mass is 10.2. The van der Waals surface area contributed by atoms with Crippen LogP contribution in [0, 0.1) is 0 Å². The second-order valence-corrected chi connectivity index (χ2v) is 4.13. The molecule has 0 spiro atoms. The van der Waals surface area contributed by atoms with E-state index in [0.717, 1.165) is 23.6 Å². The van der Waals surface area contributed by atoms with E-state index in [2.05, 4.69) is 9.97 Å². The van der Waals surface area contributed by atoms with Gasteiger partial charge in [-0.1, -0.05) is 0 Å². The van der Waals surface area contributed by atoms with Gasteiger partial charge in [-0.15, -0.1) is 11.8 Å². The Labute approximate surface area is 83.2 Å². The summed E-state index contributed by atoms with van der Waals surface area (Å²) in [4.78, 5) is 8.16. The smallest absolute Gasteiger partial charge is 0.114 e. The third-order valence-corrected chi connectivity index (χ3v) is 2.59. The minimum Gasteiger partial charge on any atom is -0.328 e. The fraction of sp³-hybridized carbons (Fsp3) is 0.556. The highest BCUT2D eigenvalue weighted by Gasteiger charge is 1.96. The summed E-state index contributed by atoms with van der Waals surface area (Å²) in [6.07, 6.45) is 7.41. The lowest BCUT2D eigenvalue weighted by molar-refractivity contribution is 0.656. The molecule has 0 radical (unpaired) electrons. The van der Waals surface area contributed by atoms with E-state index in [4.69, 9.17) is 5.73 Å². The normalized spacial score (nSPS) is 12.8. The van der Waals surface area contributed by atoms with Crippen molar-refractivity contribution >= 4 is 11.8 Å². The number of nitrogens with two attached hydrogens (primary N) is 1. The van der Waals surface area contributed by atoms with Crippen molar-refractivity contribution in [1.82, 2.24) is 9.97 Å². The summed E-state index contributed by atoms with van der Waals surface area (Å²) in [6.45, 7) is 2.03. The van der Waals surface area contributed by atoms with Crippen LogP contribution in [0.1, 0.15) is 19.8 Å². The molecule has 1 aromatic heterocycles. The molecule has 1 atom stereocenters. The van der Waals surface area contributed by atoms with Crippen LogP contribution in [0.2, 0.25) is 0 Å². The van der Waals surface area contributed by atoms with Crippen LogP contribution in [0.25, 0.3) is 0 Å². The average Bonchev–Trinajstić information content (AvgIpc) is 2.14. The molecule has 0 aliphatic carbocycles. The Bertz CT molecular complexity index is 226. The van der Waals surface area contributed by atoms with E-state index in [1.165, 1.54) is 0 Å². The van der Waals surface area contributed by atoms with Crippen LogP contribution in [-0.4, -0.2) is 21.8 Å². The first kappa shape index (κ1) is 10.5. The molecule has 1 aromatic rings. The van der Waals surface area contributed by atoms with Gasteiger partial charge in [-0.25, -0.2) is 4.98 Å². The van der Waals surface area contributed by atoms with Crippen molar-refractivity contribution < 1.29 is 0 Å². The molecule has 0 aromatic carbocycles. The predicted octanol–water partition coefficient (Wildman–Crippen LogP) is 1.70. The quantitative estimate of drug-likeness (QED) is 0.576. The van der Waals surface area contributed by atoms with Gasteiger partial charge in [0.05, 0.1) is 6.20 Å². The zero-order valence-electron chi connectivity index (χ0n) is 7.81. The van der Waals surface area contributed by atoms with Gasteiger partial charge >= 0.3 is 0 Å². The molecule has 4 heteroatoms. The molecule has 3 nitrogen and oxygen atoms in total. The SMILES string of the molecule is CC(N)CCCSc1cnccn1. The van der Waals surface area contributed by atoms with E-state index in [1.807, 2.05) is 6.92 Å². The van der Waals surface area contributed by atoms with E-state index in [-0.39, 0.29) is 0 Å². The molecule has 2 N–H and O–H groups in total. The molecule has 13 heavy (non-hydrogen) atoms. The molecule has 0 amide bonds. The molecule has 1 rings (SSSR count). The summed E-state index contributed by atoms with van der Waals surface area (Å²) in [7, 11) is 0. The molecule has 1 heterocycles. The first-order valence-electron chi connectivity index (χ1n) is 4.43. The van der Waals surface area contributed by atoms with Gasteiger partial charge in [-0.05, 0) is 25.5 Å². The van der Waals surface area contributed by atoms with Gasteiger partial charge in [0.2, 0.25) is 0 Å². The predicted molar refractivity (Wildman–Crippen MR) is 55.6 cm³/mol. The second kappa shape index (κ2) is 5.94. The lowest BCUT2D eigenvalue weighted by Gasteiger charge is -2.03. The Hall–Kier alpha value is -0.610. The Morgan fingerprint density at radius 2 is 2.38 bits per heavy atom. The van der Waals surface area contributed by atoms with Crippen LogP contribution in [-0.2, 0) is 0 Å². The summed E-state index contributed by atoms with van der Waals surface area (Å²) in [6, 6.07) is 0.308. The van der Waals surface area contributed by atoms with Gasteiger partial charge in [-0.2, -0.15) is 0 Å². The molecule has 0 saturated carbocycles. The lowest BCUT2D eigenvalue weighted by Crippen LogP contribution is -2.14. The highest BCUT2D eigenvalue weighted by molar-refractivity contribution is 7.99. The largest absolute Gasteiger partial charge is 0.328 e. The zero-order chi connectivity index (χ0) is 9.52. The van der Waals surface area contributed by atoms with Crippen LogP contribution in [0.5, 0.6) is 0 Å². The maximum atomic E-state index is 5.63. The van der Waals surface area contributed by atoms with Gasteiger partial charge in [0.15, 0.2) is 0 Å². The topological polar surface area (TPSA) is 51.8 Å². The summed E-state index contributed by atoms with van der Waals surface area (Å²) in [5.41, 5.74) is 5.63. The Morgan fingerprint density at radius 3 is 3.00 bits per heavy atom. The van der Waals surface area contributed by atoms with Crippen molar-refractivity contribution in [2.24, 2.45) is 5.73 Å². The van der Waals surface area contributed by atoms with Crippen LogP contribution >= 0.6 is 11.8 Å². The summed E-state index contributed by atoms with van der Waals surface area (Å²) in [5, 5.41) is 0.993. The van der Waals surface area contributed by atoms with E-state index in [9.17, 15) is 0 Å². The van der Waals surface area contributed by atoms with Crippen molar-refractivity contribution in [2.75, 3.05) is 5.75 Å². The summed E-state index contributed by atoms with van der Waals surface area (Å²) in [5.74, 6) is 1.07. The minimum absolute atomic E-state index is 0.308. The molecule has 72 valence electrons. The van der Waals surface area contributed by atoms with Crippen molar-refractivity contribution in [3.63, 3.8) is 0 Å². The molecular formula is C9H15N3S. The number of nitrogens with zero attached hydrogens (tertiary/aromatic N) is 2. The fourth-order valence-electron chi connectivity index (χ4n) is 0.942. The number of aromatic nitrogens is 2. The first-order chi connectivity index (χ1) is 6.29. The number of hydrogen-bond donors (Lipinski definition) is 1. The molecule has 0 fully saturated rings.